The van der Waals surface area contributed by atoms with Crippen LogP contribution < -0.4 is 16.3 Å². The molecule has 0 aliphatic rings. The summed E-state index contributed by atoms with van der Waals surface area (Å²) in [7, 11) is 0. The molecule has 0 saturated carbocycles. The Bertz CT molecular complexity index is 1310. The van der Waals surface area contributed by atoms with Crippen LogP contribution in [0.1, 0.15) is 26.3 Å². The van der Waals surface area contributed by atoms with E-state index in [9.17, 15) is 9.59 Å². The summed E-state index contributed by atoms with van der Waals surface area (Å²) in [6.45, 7) is 1.60. The van der Waals surface area contributed by atoms with Crippen LogP contribution in [0.5, 0.6) is 0 Å². The maximum Gasteiger partial charge on any atom is 0.283 e. The van der Waals surface area contributed by atoms with Crippen molar-refractivity contribution in [1.82, 2.24) is 16.3 Å². The van der Waals surface area contributed by atoms with Gasteiger partial charge in [0.05, 0.1) is 10.0 Å². The highest BCUT2D eigenvalue weighted by molar-refractivity contribution is 7.22. The third-order valence-corrected chi connectivity index (χ3v) is 7.51. The lowest BCUT2D eigenvalue weighted by molar-refractivity contribution is 0.0947. The Morgan fingerprint density at radius 3 is 1.83 bits per heavy atom. The predicted molar refractivity (Wildman–Crippen MR) is 125 cm³/mol. The van der Waals surface area contributed by atoms with E-state index in [0.717, 1.165) is 20.2 Å². The van der Waals surface area contributed by atoms with Crippen molar-refractivity contribution in [3.05, 3.63) is 68.3 Å². The van der Waals surface area contributed by atoms with Gasteiger partial charge in [-0.15, -0.1) is 22.7 Å². The molecule has 10 heteroatoms. The van der Waals surface area contributed by atoms with Gasteiger partial charge in [-0.1, -0.05) is 59.6 Å². The molecule has 0 saturated heterocycles. The second-order valence-electron chi connectivity index (χ2n) is 6.20. The molecule has 2 aromatic heterocycles. The number of hydrazine groups is 1. The fourth-order valence-corrected chi connectivity index (χ4v) is 5.56. The maximum atomic E-state index is 12.4. The van der Waals surface area contributed by atoms with E-state index in [4.69, 9.17) is 23.2 Å². The molecule has 3 N–H and O–H groups in total. The number of rotatable bonds is 3. The number of hydrogen-bond acceptors (Lipinski definition) is 5. The molecule has 0 atom stereocenters. The molecule has 152 valence electrons. The molecule has 4 rings (SSSR count). The van der Waals surface area contributed by atoms with Gasteiger partial charge in [0.25, 0.3) is 11.8 Å². The minimum atomic E-state index is -0.429. The number of carbonyl (C=O) groups is 2. The summed E-state index contributed by atoms with van der Waals surface area (Å²) in [5, 5.41) is 6.39. The first-order valence-electron chi connectivity index (χ1n) is 8.70. The van der Waals surface area contributed by atoms with Crippen LogP contribution >= 0.6 is 45.9 Å². The lowest BCUT2D eigenvalue weighted by Gasteiger charge is -2.07. The van der Waals surface area contributed by atoms with E-state index in [1.165, 1.54) is 22.7 Å². The summed E-state index contributed by atoms with van der Waals surface area (Å²) < 4.78 is 1.84. The lowest BCUT2D eigenvalue weighted by atomic mass is 10.2. The van der Waals surface area contributed by atoms with Crippen LogP contribution in [0.25, 0.3) is 20.2 Å². The monoisotopic (exact) mass is 476 g/mol. The molecule has 0 aliphatic heterocycles. The fourth-order valence-electron chi connectivity index (χ4n) is 2.74. The van der Waals surface area contributed by atoms with Crippen molar-refractivity contribution in [3.8, 4) is 0 Å². The van der Waals surface area contributed by atoms with Crippen molar-refractivity contribution in [3.63, 3.8) is 0 Å². The molecule has 0 unspecified atom stereocenters. The largest absolute Gasteiger partial charge is 0.284 e. The van der Waals surface area contributed by atoms with Gasteiger partial charge in [0, 0.05) is 20.2 Å². The molecule has 2 aromatic carbocycles. The second kappa shape index (κ2) is 8.61. The first kappa shape index (κ1) is 20.6. The number of benzene rings is 2. The number of amidine groups is 1. The third-order valence-electron chi connectivity index (χ3n) is 4.16. The van der Waals surface area contributed by atoms with Crippen LogP contribution in [0.3, 0.4) is 0 Å². The number of hydrazone groups is 1. The molecule has 2 heterocycles. The standard InChI is InChI=1S/C20H14Cl2N4O2S2/c1-10(23-25-19(27)17-15(21)11-6-2-4-8-13(11)29-17)24-26-20(28)18-16(22)12-7-3-5-9-14(12)30-18/h2-9H,1H3,(H,23,24)(H,25,27)(H,26,28). The molecule has 0 aliphatic carbocycles. The number of halogens is 2. The van der Waals surface area contributed by atoms with Gasteiger partial charge in [0.15, 0.2) is 0 Å². The highest BCUT2D eigenvalue weighted by Gasteiger charge is 2.18. The molecule has 0 spiro atoms. The summed E-state index contributed by atoms with van der Waals surface area (Å²) >= 11 is 15.2. The zero-order valence-corrected chi connectivity index (χ0v) is 18.6. The number of hydrogen-bond donors (Lipinski definition) is 3. The van der Waals surface area contributed by atoms with E-state index < -0.39 is 11.8 Å². The van der Waals surface area contributed by atoms with Crippen LogP contribution in [0.2, 0.25) is 10.0 Å². The van der Waals surface area contributed by atoms with Crippen molar-refractivity contribution >= 4 is 83.7 Å². The SMILES string of the molecule is CC(=NNC(=O)c1sc2ccccc2c1Cl)NNC(=O)c1sc2ccccc2c1Cl. The minimum Gasteiger partial charge on any atom is -0.284 e. The number of amides is 2. The third kappa shape index (κ3) is 3.99. The van der Waals surface area contributed by atoms with E-state index in [-0.39, 0.29) is 5.84 Å². The molecule has 6 nitrogen and oxygen atoms in total. The number of nitrogens with zero attached hydrogens (tertiary/aromatic N) is 1. The Kier molecular flexibility index (Phi) is 5.92. The van der Waals surface area contributed by atoms with Crippen LogP contribution in [-0.4, -0.2) is 17.6 Å². The topological polar surface area (TPSA) is 82.6 Å². The van der Waals surface area contributed by atoms with E-state index in [0.29, 0.717) is 19.8 Å². The number of carbonyl (C=O) groups excluding carboxylic acids is 2. The maximum absolute atomic E-state index is 12.4. The summed E-state index contributed by atoms with van der Waals surface area (Å²) in [4.78, 5) is 25.6. The fraction of sp³-hybridized carbons (Fsp3) is 0.0500. The number of nitrogens with one attached hydrogen (secondary N) is 3. The highest BCUT2D eigenvalue weighted by atomic mass is 35.5. The summed E-state index contributed by atoms with van der Waals surface area (Å²) in [5.41, 5.74) is 7.62. The molecular formula is C20H14Cl2N4O2S2. The van der Waals surface area contributed by atoms with Gasteiger partial charge in [0.1, 0.15) is 15.6 Å². The first-order valence-corrected chi connectivity index (χ1v) is 11.1. The van der Waals surface area contributed by atoms with E-state index >= 15 is 0 Å². The van der Waals surface area contributed by atoms with Crippen molar-refractivity contribution in [2.75, 3.05) is 0 Å². The zero-order valence-electron chi connectivity index (χ0n) is 15.5. The molecule has 2 amide bonds. The van der Waals surface area contributed by atoms with Crippen molar-refractivity contribution in [2.24, 2.45) is 5.10 Å². The minimum absolute atomic E-state index is 0.283. The molecule has 30 heavy (non-hydrogen) atoms. The highest BCUT2D eigenvalue weighted by Crippen LogP contribution is 2.35. The van der Waals surface area contributed by atoms with Gasteiger partial charge in [-0.2, -0.15) is 5.10 Å². The number of fused-ring (bicyclic) bond motifs is 2. The summed E-state index contributed by atoms with van der Waals surface area (Å²) in [6, 6.07) is 15.0. The van der Waals surface area contributed by atoms with Crippen LogP contribution in [0.4, 0.5) is 0 Å². The van der Waals surface area contributed by atoms with Crippen molar-refractivity contribution in [1.29, 1.82) is 0 Å². The molecule has 4 aromatic rings. The zero-order chi connectivity index (χ0) is 21.3. The molecule has 0 fully saturated rings. The summed E-state index contributed by atoms with van der Waals surface area (Å²) in [5.74, 6) is -0.540. The van der Waals surface area contributed by atoms with E-state index in [2.05, 4.69) is 21.4 Å². The number of thiophene rings is 2. The quantitative estimate of drug-likeness (QED) is 0.209. The average Bonchev–Trinajstić information content (AvgIpc) is 3.28. The summed E-state index contributed by atoms with van der Waals surface area (Å²) in [6.07, 6.45) is 0. The van der Waals surface area contributed by atoms with Gasteiger partial charge in [0.2, 0.25) is 0 Å². The second-order valence-corrected chi connectivity index (χ2v) is 9.06. The van der Waals surface area contributed by atoms with Gasteiger partial charge in [-0.05, 0) is 19.1 Å². The van der Waals surface area contributed by atoms with Gasteiger partial charge in [-0.3, -0.25) is 20.4 Å². The van der Waals surface area contributed by atoms with Gasteiger partial charge < -0.3 is 0 Å². The Morgan fingerprint density at radius 2 is 1.30 bits per heavy atom. The average molecular weight is 477 g/mol. The molecule has 0 bridgehead atoms. The molecule has 0 radical (unpaired) electrons. The smallest absolute Gasteiger partial charge is 0.283 e. The Hall–Kier alpha value is -2.65. The van der Waals surface area contributed by atoms with Crippen molar-refractivity contribution < 1.29 is 9.59 Å². The van der Waals surface area contributed by atoms with E-state index in [1.807, 2.05) is 48.5 Å². The lowest BCUT2D eigenvalue weighted by Crippen LogP contribution is -2.41. The van der Waals surface area contributed by atoms with Crippen LogP contribution in [-0.2, 0) is 0 Å². The van der Waals surface area contributed by atoms with Gasteiger partial charge >= 0.3 is 0 Å². The van der Waals surface area contributed by atoms with Crippen LogP contribution in [0.15, 0.2) is 53.6 Å². The van der Waals surface area contributed by atoms with Gasteiger partial charge in [-0.25, -0.2) is 5.43 Å². The van der Waals surface area contributed by atoms with Crippen LogP contribution in [0, 0.1) is 0 Å². The van der Waals surface area contributed by atoms with Crippen molar-refractivity contribution in [2.45, 2.75) is 6.92 Å². The first-order chi connectivity index (χ1) is 14.5. The normalized spacial score (nSPS) is 11.6. The Labute approximate surface area is 189 Å². The Morgan fingerprint density at radius 1 is 0.800 bits per heavy atom. The van der Waals surface area contributed by atoms with E-state index in [1.54, 1.807) is 6.92 Å². The molecular weight excluding hydrogens is 463 g/mol. The Balaban J connectivity index is 1.40. The predicted octanol–water partition coefficient (Wildman–Crippen LogP) is 5.42.